The standard InChI is InChI=1S/C18H24N6O/c1-23-10-7-13(8-11-23)12-15-21-17(25-22-15)6-5-16-20-14-4-3-9-19-18(14)24(16)2/h3-4,9,13H,5-8,10-12H2,1-2H3. The van der Waals surface area contributed by atoms with Crippen LogP contribution in [-0.4, -0.2) is 49.7 Å². The Kier molecular flexibility index (Phi) is 4.48. The van der Waals surface area contributed by atoms with Gasteiger partial charge in [-0.3, -0.25) is 0 Å². The highest BCUT2D eigenvalue weighted by Gasteiger charge is 2.19. The summed E-state index contributed by atoms with van der Waals surface area (Å²) >= 11 is 0. The Labute approximate surface area is 147 Å². The maximum Gasteiger partial charge on any atom is 0.227 e. The molecule has 0 radical (unpaired) electrons. The third-order valence-electron chi connectivity index (χ3n) is 5.10. The first kappa shape index (κ1) is 16.2. The lowest BCUT2D eigenvalue weighted by atomic mass is 9.94. The lowest BCUT2D eigenvalue weighted by molar-refractivity contribution is 0.216. The first-order valence-corrected chi connectivity index (χ1v) is 8.95. The molecule has 0 aliphatic carbocycles. The highest BCUT2D eigenvalue weighted by Crippen LogP contribution is 2.20. The number of nitrogens with zero attached hydrogens (tertiary/aromatic N) is 6. The molecule has 0 spiro atoms. The maximum absolute atomic E-state index is 5.44. The average molecular weight is 340 g/mol. The van der Waals surface area contributed by atoms with Gasteiger partial charge in [0.1, 0.15) is 11.3 Å². The van der Waals surface area contributed by atoms with Gasteiger partial charge in [0.15, 0.2) is 11.5 Å². The lowest BCUT2D eigenvalue weighted by Gasteiger charge is -2.27. The summed E-state index contributed by atoms with van der Waals surface area (Å²) in [6, 6.07) is 3.89. The number of hydrogen-bond acceptors (Lipinski definition) is 6. The molecule has 0 unspecified atom stereocenters. The van der Waals surface area contributed by atoms with Crippen molar-refractivity contribution in [1.82, 2.24) is 29.6 Å². The molecule has 1 aliphatic rings. The highest BCUT2D eigenvalue weighted by atomic mass is 16.5. The predicted octanol–water partition coefficient (Wildman–Crippen LogP) is 2.02. The van der Waals surface area contributed by atoms with E-state index in [9.17, 15) is 0 Å². The number of aromatic nitrogens is 5. The molecule has 7 heteroatoms. The van der Waals surface area contributed by atoms with Crippen LogP contribution in [0, 0.1) is 5.92 Å². The van der Waals surface area contributed by atoms with Gasteiger partial charge in [0.2, 0.25) is 5.89 Å². The van der Waals surface area contributed by atoms with Crippen LogP contribution in [0.3, 0.4) is 0 Å². The molecule has 0 atom stereocenters. The van der Waals surface area contributed by atoms with Gasteiger partial charge in [-0.05, 0) is 51.0 Å². The summed E-state index contributed by atoms with van der Waals surface area (Å²) in [7, 11) is 4.18. The van der Waals surface area contributed by atoms with E-state index < -0.39 is 0 Å². The van der Waals surface area contributed by atoms with E-state index >= 15 is 0 Å². The van der Waals surface area contributed by atoms with Crippen LogP contribution in [0.2, 0.25) is 0 Å². The predicted molar refractivity (Wildman–Crippen MR) is 94.1 cm³/mol. The van der Waals surface area contributed by atoms with Crippen LogP contribution < -0.4 is 0 Å². The van der Waals surface area contributed by atoms with Gasteiger partial charge in [-0.2, -0.15) is 4.98 Å². The molecule has 4 heterocycles. The summed E-state index contributed by atoms with van der Waals surface area (Å²) in [5.41, 5.74) is 1.83. The Morgan fingerprint density at radius 3 is 2.80 bits per heavy atom. The SMILES string of the molecule is CN1CCC(Cc2noc(CCc3nc4cccnc4n3C)n2)CC1. The van der Waals surface area contributed by atoms with E-state index in [1.807, 2.05) is 23.7 Å². The fraction of sp³-hybridized carbons (Fsp3) is 0.556. The van der Waals surface area contributed by atoms with Gasteiger partial charge in [-0.1, -0.05) is 5.16 Å². The second kappa shape index (κ2) is 6.92. The second-order valence-electron chi connectivity index (χ2n) is 6.99. The van der Waals surface area contributed by atoms with E-state index in [-0.39, 0.29) is 0 Å². The number of pyridine rings is 1. The molecule has 1 saturated heterocycles. The van der Waals surface area contributed by atoms with Crippen molar-refractivity contribution in [3.63, 3.8) is 0 Å². The molecular weight excluding hydrogens is 316 g/mol. The normalized spacial score (nSPS) is 16.7. The molecule has 3 aromatic rings. The number of rotatable bonds is 5. The van der Waals surface area contributed by atoms with Crippen LogP contribution in [0.25, 0.3) is 11.2 Å². The first-order valence-electron chi connectivity index (χ1n) is 8.95. The largest absolute Gasteiger partial charge is 0.339 e. The van der Waals surface area contributed by atoms with Gasteiger partial charge in [-0.15, -0.1) is 0 Å². The van der Waals surface area contributed by atoms with Crippen molar-refractivity contribution in [1.29, 1.82) is 0 Å². The Bertz CT molecular complexity index is 846. The number of likely N-dealkylation sites (tertiary alicyclic amines) is 1. The van der Waals surface area contributed by atoms with Crippen molar-refractivity contribution in [2.45, 2.75) is 32.1 Å². The molecule has 0 aromatic carbocycles. The molecule has 132 valence electrons. The molecule has 3 aromatic heterocycles. The molecule has 1 fully saturated rings. The number of aryl methyl sites for hydroxylation is 3. The molecule has 7 nitrogen and oxygen atoms in total. The van der Waals surface area contributed by atoms with E-state index in [0.29, 0.717) is 18.2 Å². The Morgan fingerprint density at radius 1 is 1.16 bits per heavy atom. The molecule has 0 bridgehead atoms. The van der Waals surface area contributed by atoms with E-state index in [2.05, 4.69) is 32.1 Å². The van der Waals surface area contributed by atoms with Crippen molar-refractivity contribution in [3.8, 4) is 0 Å². The zero-order valence-corrected chi connectivity index (χ0v) is 14.9. The van der Waals surface area contributed by atoms with Crippen LogP contribution in [-0.2, 0) is 26.3 Å². The smallest absolute Gasteiger partial charge is 0.227 e. The van der Waals surface area contributed by atoms with Crippen LogP contribution in [0.15, 0.2) is 22.9 Å². The summed E-state index contributed by atoms with van der Waals surface area (Å²) in [6.45, 7) is 2.33. The van der Waals surface area contributed by atoms with Gasteiger partial charge in [0, 0.05) is 32.5 Å². The van der Waals surface area contributed by atoms with Crippen molar-refractivity contribution in [3.05, 3.63) is 35.9 Å². The first-order chi connectivity index (χ1) is 12.2. The minimum atomic E-state index is 0.674. The zero-order valence-electron chi connectivity index (χ0n) is 14.9. The quantitative estimate of drug-likeness (QED) is 0.707. The summed E-state index contributed by atoms with van der Waals surface area (Å²) in [4.78, 5) is 16.0. The monoisotopic (exact) mass is 340 g/mol. The minimum absolute atomic E-state index is 0.674. The van der Waals surface area contributed by atoms with E-state index in [1.54, 1.807) is 6.20 Å². The van der Waals surface area contributed by atoms with Crippen molar-refractivity contribution in [2.75, 3.05) is 20.1 Å². The van der Waals surface area contributed by atoms with E-state index in [1.165, 1.54) is 12.8 Å². The van der Waals surface area contributed by atoms with Crippen molar-refractivity contribution in [2.24, 2.45) is 13.0 Å². The van der Waals surface area contributed by atoms with Crippen LogP contribution >= 0.6 is 0 Å². The van der Waals surface area contributed by atoms with Gasteiger partial charge >= 0.3 is 0 Å². The maximum atomic E-state index is 5.44. The topological polar surface area (TPSA) is 72.9 Å². The number of fused-ring (bicyclic) bond motifs is 1. The Hall–Kier alpha value is -2.28. The molecular formula is C18H24N6O. The lowest BCUT2D eigenvalue weighted by Crippen LogP contribution is -2.31. The van der Waals surface area contributed by atoms with Gasteiger partial charge in [0.05, 0.1) is 0 Å². The van der Waals surface area contributed by atoms with Gasteiger partial charge in [0.25, 0.3) is 0 Å². The van der Waals surface area contributed by atoms with E-state index in [0.717, 1.165) is 48.7 Å². The second-order valence-corrected chi connectivity index (χ2v) is 6.99. The summed E-state index contributed by atoms with van der Waals surface area (Å²) in [6.07, 6.45) is 6.62. The Morgan fingerprint density at radius 2 is 2.00 bits per heavy atom. The van der Waals surface area contributed by atoms with Crippen LogP contribution in [0.1, 0.15) is 30.4 Å². The van der Waals surface area contributed by atoms with Gasteiger partial charge in [-0.25, -0.2) is 9.97 Å². The fourth-order valence-corrected chi connectivity index (χ4v) is 3.51. The summed E-state index contributed by atoms with van der Waals surface area (Å²) in [5.74, 6) is 3.20. The third kappa shape index (κ3) is 3.56. The molecule has 25 heavy (non-hydrogen) atoms. The third-order valence-corrected chi connectivity index (χ3v) is 5.10. The van der Waals surface area contributed by atoms with Crippen LogP contribution in [0.4, 0.5) is 0 Å². The average Bonchev–Trinajstić information content (AvgIpc) is 3.20. The van der Waals surface area contributed by atoms with E-state index in [4.69, 9.17) is 4.52 Å². The highest BCUT2D eigenvalue weighted by molar-refractivity contribution is 5.70. The zero-order chi connectivity index (χ0) is 17.2. The molecule has 0 N–H and O–H groups in total. The summed E-state index contributed by atoms with van der Waals surface area (Å²) < 4.78 is 7.47. The molecule has 4 rings (SSSR count). The Balaban J connectivity index is 1.37. The molecule has 1 aliphatic heterocycles. The minimum Gasteiger partial charge on any atom is -0.339 e. The number of piperidine rings is 1. The van der Waals surface area contributed by atoms with Crippen molar-refractivity contribution >= 4 is 11.2 Å². The van der Waals surface area contributed by atoms with Crippen LogP contribution in [0.5, 0.6) is 0 Å². The number of imidazole rings is 1. The number of hydrogen-bond donors (Lipinski definition) is 0. The summed E-state index contributed by atoms with van der Waals surface area (Å²) in [5, 5.41) is 4.17. The van der Waals surface area contributed by atoms with Gasteiger partial charge < -0.3 is 14.0 Å². The van der Waals surface area contributed by atoms with Crippen molar-refractivity contribution < 1.29 is 4.52 Å². The molecule has 0 amide bonds. The molecule has 0 saturated carbocycles. The fourth-order valence-electron chi connectivity index (χ4n) is 3.51.